The largest absolute Gasteiger partial charge is 0.508 e. The van der Waals surface area contributed by atoms with Gasteiger partial charge in [-0.05, 0) is 49.7 Å². The van der Waals surface area contributed by atoms with E-state index < -0.39 is 0 Å². The van der Waals surface area contributed by atoms with Crippen LogP contribution in [0.4, 0.5) is 5.69 Å². The average molecular weight is 352 g/mol. The Morgan fingerprint density at radius 2 is 1.73 bits per heavy atom. The third-order valence-corrected chi connectivity index (χ3v) is 5.30. The summed E-state index contributed by atoms with van der Waals surface area (Å²) in [5.74, 6) is 0.120. The Kier molecular flexibility index (Phi) is 4.80. The number of carbonyl (C=O) groups is 1. The first-order valence-electron chi connectivity index (χ1n) is 9.27. The van der Waals surface area contributed by atoms with Gasteiger partial charge in [0.05, 0.1) is 5.56 Å². The van der Waals surface area contributed by atoms with Gasteiger partial charge < -0.3 is 14.7 Å². The summed E-state index contributed by atoms with van der Waals surface area (Å²) in [6.45, 7) is 5.07. The Labute approximate surface area is 153 Å². The molecule has 2 heterocycles. The summed E-state index contributed by atoms with van der Waals surface area (Å²) in [5, 5.41) is 9.40. The van der Waals surface area contributed by atoms with E-state index in [2.05, 4.69) is 9.80 Å². The number of fused-ring (bicyclic) bond motifs is 1. The van der Waals surface area contributed by atoms with Crippen LogP contribution in [-0.2, 0) is 4.74 Å². The highest BCUT2D eigenvalue weighted by Gasteiger charge is 2.30. The predicted octanol–water partition coefficient (Wildman–Crippen LogP) is 3.21. The van der Waals surface area contributed by atoms with Crippen molar-refractivity contribution in [2.45, 2.75) is 18.9 Å². The molecule has 1 N–H and O–H groups in total. The monoisotopic (exact) mass is 352 g/mol. The first kappa shape index (κ1) is 16.9. The van der Waals surface area contributed by atoms with Gasteiger partial charge in [0.15, 0.2) is 0 Å². The normalized spacial score (nSPS) is 20.1. The third kappa shape index (κ3) is 3.53. The van der Waals surface area contributed by atoms with E-state index in [4.69, 9.17) is 4.74 Å². The van der Waals surface area contributed by atoms with Crippen LogP contribution in [0.3, 0.4) is 0 Å². The zero-order valence-corrected chi connectivity index (χ0v) is 14.8. The van der Waals surface area contributed by atoms with Crippen LogP contribution in [0.5, 0.6) is 5.75 Å². The Morgan fingerprint density at radius 3 is 2.50 bits per heavy atom. The summed E-state index contributed by atoms with van der Waals surface area (Å²) in [7, 11) is 0. The molecule has 0 aromatic heterocycles. The van der Waals surface area contributed by atoms with E-state index in [-0.39, 0.29) is 12.1 Å². The van der Waals surface area contributed by atoms with E-state index in [9.17, 15) is 9.90 Å². The van der Waals surface area contributed by atoms with Gasteiger partial charge in [0.25, 0.3) is 0 Å². The van der Waals surface area contributed by atoms with Crippen molar-refractivity contribution in [2.75, 3.05) is 37.6 Å². The lowest BCUT2D eigenvalue weighted by Gasteiger charge is -2.36. The van der Waals surface area contributed by atoms with Gasteiger partial charge in [0.1, 0.15) is 11.9 Å². The van der Waals surface area contributed by atoms with Crippen LogP contribution in [0, 0.1) is 0 Å². The van der Waals surface area contributed by atoms with Crippen molar-refractivity contribution in [2.24, 2.45) is 0 Å². The molecule has 1 unspecified atom stereocenters. The topological polar surface area (TPSA) is 53.0 Å². The maximum atomic E-state index is 11.9. The highest BCUT2D eigenvalue weighted by atomic mass is 16.5. The molecule has 2 aromatic carbocycles. The molecule has 1 fully saturated rings. The van der Waals surface area contributed by atoms with Crippen molar-refractivity contribution in [3.05, 3.63) is 59.7 Å². The molecule has 26 heavy (non-hydrogen) atoms. The van der Waals surface area contributed by atoms with Crippen LogP contribution in [0.15, 0.2) is 48.5 Å². The van der Waals surface area contributed by atoms with Crippen LogP contribution < -0.4 is 4.90 Å². The number of cyclic esters (lactones) is 1. The predicted molar refractivity (Wildman–Crippen MR) is 101 cm³/mol. The van der Waals surface area contributed by atoms with Crippen molar-refractivity contribution in [3.8, 4) is 5.75 Å². The van der Waals surface area contributed by atoms with Crippen LogP contribution >= 0.6 is 0 Å². The molecular formula is C21H24N2O3. The van der Waals surface area contributed by atoms with Crippen molar-refractivity contribution >= 4 is 11.7 Å². The second kappa shape index (κ2) is 7.38. The number of carbonyl (C=O) groups excluding carboxylic acids is 1. The van der Waals surface area contributed by atoms with E-state index >= 15 is 0 Å². The Balaban J connectivity index is 1.23. The lowest BCUT2D eigenvalue weighted by atomic mass is 10.0. The number of hydrogen-bond donors (Lipinski definition) is 1. The fourth-order valence-electron chi connectivity index (χ4n) is 3.83. The number of benzene rings is 2. The zero-order chi connectivity index (χ0) is 17.9. The van der Waals surface area contributed by atoms with Gasteiger partial charge in [-0.25, -0.2) is 4.79 Å². The number of esters is 1. The minimum Gasteiger partial charge on any atom is -0.508 e. The zero-order valence-electron chi connectivity index (χ0n) is 14.8. The van der Waals surface area contributed by atoms with Crippen LogP contribution in [0.25, 0.3) is 0 Å². The molecule has 4 rings (SSSR count). The molecule has 0 radical (unpaired) electrons. The molecule has 0 aliphatic carbocycles. The smallest absolute Gasteiger partial charge is 0.339 e. The minimum absolute atomic E-state index is 0.0861. The van der Waals surface area contributed by atoms with Crippen molar-refractivity contribution in [1.82, 2.24) is 4.90 Å². The second-order valence-electron chi connectivity index (χ2n) is 6.97. The quantitative estimate of drug-likeness (QED) is 0.838. The standard InChI is InChI=1S/C21H24N2O3/c24-17-9-7-16(8-10-17)23-14-12-22(13-15-23)11-3-6-20-18-4-1-2-5-19(18)21(25)26-20/h1-2,4-5,7-10,20,24H,3,6,11-15H2. The van der Waals surface area contributed by atoms with E-state index in [0.717, 1.165) is 62.4 Å². The number of ether oxygens (including phenoxy) is 1. The van der Waals surface area contributed by atoms with E-state index in [1.165, 1.54) is 0 Å². The maximum absolute atomic E-state index is 11.9. The van der Waals surface area contributed by atoms with Gasteiger partial charge in [0.2, 0.25) is 0 Å². The van der Waals surface area contributed by atoms with Crippen molar-refractivity contribution < 1.29 is 14.6 Å². The SMILES string of the molecule is O=C1OC(CCCN2CCN(c3ccc(O)cc3)CC2)c2ccccc21. The molecular weight excluding hydrogens is 328 g/mol. The number of phenols is 1. The summed E-state index contributed by atoms with van der Waals surface area (Å²) in [6.07, 6.45) is 1.81. The molecule has 1 saturated heterocycles. The van der Waals surface area contributed by atoms with Gasteiger partial charge in [0, 0.05) is 37.4 Å². The number of rotatable bonds is 5. The summed E-state index contributed by atoms with van der Waals surface area (Å²) < 4.78 is 5.52. The molecule has 0 spiro atoms. The molecule has 2 aliphatic heterocycles. The minimum atomic E-state index is -0.187. The van der Waals surface area contributed by atoms with Gasteiger partial charge in [-0.1, -0.05) is 18.2 Å². The number of aromatic hydroxyl groups is 1. The second-order valence-corrected chi connectivity index (χ2v) is 6.97. The highest BCUT2D eigenvalue weighted by Crippen LogP contribution is 2.33. The van der Waals surface area contributed by atoms with Gasteiger partial charge >= 0.3 is 5.97 Å². The fraction of sp³-hybridized carbons (Fsp3) is 0.381. The van der Waals surface area contributed by atoms with Gasteiger partial charge in [-0.2, -0.15) is 0 Å². The molecule has 0 saturated carbocycles. The fourth-order valence-corrected chi connectivity index (χ4v) is 3.83. The average Bonchev–Trinajstić information content (AvgIpc) is 2.99. The van der Waals surface area contributed by atoms with Crippen molar-refractivity contribution in [3.63, 3.8) is 0 Å². The number of phenolic OH excluding ortho intramolecular Hbond substituents is 1. The van der Waals surface area contributed by atoms with Crippen LogP contribution in [0.2, 0.25) is 0 Å². The molecule has 2 aliphatic rings. The number of hydrogen-bond acceptors (Lipinski definition) is 5. The summed E-state index contributed by atoms with van der Waals surface area (Å²) in [6, 6.07) is 15.1. The maximum Gasteiger partial charge on any atom is 0.339 e. The Hall–Kier alpha value is -2.53. The Bertz CT molecular complexity index is 767. The van der Waals surface area contributed by atoms with Gasteiger partial charge in [-0.15, -0.1) is 0 Å². The number of piperazine rings is 1. The summed E-state index contributed by atoms with van der Waals surface area (Å²) in [5.41, 5.74) is 2.92. The van der Waals surface area contributed by atoms with Crippen LogP contribution in [-0.4, -0.2) is 48.7 Å². The third-order valence-electron chi connectivity index (χ3n) is 5.30. The molecule has 2 aromatic rings. The van der Waals surface area contributed by atoms with Gasteiger partial charge in [-0.3, -0.25) is 4.90 Å². The summed E-state index contributed by atoms with van der Waals surface area (Å²) in [4.78, 5) is 16.7. The molecule has 0 amide bonds. The molecule has 1 atom stereocenters. The van der Waals surface area contributed by atoms with E-state index in [1.807, 2.05) is 36.4 Å². The van der Waals surface area contributed by atoms with E-state index in [1.54, 1.807) is 12.1 Å². The molecule has 136 valence electrons. The molecule has 0 bridgehead atoms. The van der Waals surface area contributed by atoms with Crippen molar-refractivity contribution in [1.29, 1.82) is 0 Å². The van der Waals surface area contributed by atoms with Crippen LogP contribution in [0.1, 0.15) is 34.9 Å². The first-order chi connectivity index (χ1) is 12.7. The number of nitrogens with zero attached hydrogens (tertiary/aromatic N) is 2. The molecule has 5 nitrogen and oxygen atoms in total. The molecule has 5 heteroatoms. The number of anilines is 1. The lowest BCUT2D eigenvalue weighted by Crippen LogP contribution is -2.46. The van der Waals surface area contributed by atoms with E-state index in [0.29, 0.717) is 5.75 Å². The summed E-state index contributed by atoms with van der Waals surface area (Å²) >= 11 is 0. The lowest BCUT2D eigenvalue weighted by molar-refractivity contribution is 0.0358. The highest BCUT2D eigenvalue weighted by molar-refractivity contribution is 5.93. The Morgan fingerprint density at radius 1 is 1.00 bits per heavy atom. The first-order valence-corrected chi connectivity index (χ1v) is 9.27.